The molecule has 1 aliphatic rings. The molecule has 0 amide bonds. The fraction of sp³-hybridized carbons (Fsp3) is 0.385. The van der Waals surface area contributed by atoms with E-state index in [4.69, 9.17) is 15.0 Å². The molecule has 94 valence electrons. The number of benzene rings is 1. The van der Waals surface area contributed by atoms with E-state index in [1.165, 1.54) is 0 Å². The van der Waals surface area contributed by atoms with Crippen molar-refractivity contribution >= 4 is 0 Å². The average Bonchev–Trinajstić information content (AvgIpc) is 3.03. The van der Waals surface area contributed by atoms with Crippen molar-refractivity contribution in [2.45, 2.75) is 25.3 Å². The Morgan fingerprint density at radius 1 is 1.44 bits per heavy atom. The Morgan fingerprint density at radius 2 is 2.28 bits per heavy atom. The number of fused-ring (bicyclic) bond motifs is 1. The lowest BCUT2D eigenvalue weighted by atomic mass is 10.0. The topological polar surface area (TPSA) is 74.2 Å². The van der Waals surface area contributed by atoms with Gasteiger partial charge in [-0.15, -0.1) is 0 Å². The number of nitrogens with zero attached hydrogens (tertiary/aromatic N) is 2. The van der Waals surface area contributed by atoms with Crippen LogP contribution in [0.1, 0.15) is 42.6 Å². The van der Waals surface area contributed by atoms with Crippen LogP contribution in [-0.2, 0) is 0 Å². The second-order valence-electron chi connectivity index (χ2n) is 4.41. The Balaban J connectivity index is 1.91. The minimum atomic E-state index is -0.191. The number of rotatable bonds is 3. The predicted molar refractivity (Wildman–Crippen MR) is 65.3 cm³/mol. The summed E-state index contributed by atoms with van der Waals surface area (Å²) in [5.74, 6) is 2.09. The molecule has 0 bridgehead atoms. The molecule has 2 N–H and O–H groups in total. The second kappa shape index (κ2) is 4.42. The van der Waals surface area contributed by atoms with Crippen molar-refractivity contribution in [1.29, 1.82) is 0 Å². The maximum Gasteiger partial charge on any atom is 0.243 e. The Kier molecular flexibility index (Phi) is 2.76. The van der Waals surface area contributed by atoms with Gasteiger partial charge in [0, 0.05) is 5.56 Å². The summed E-state index contributed by atoms with van der Waals surface area (Å²) in [6, 6.07) is 7.73. The highest BCUT2D eigenvalue weighted by Crippen LogP contribution is 2.36. The Hall–Kier alpha value is -1.88. The van der Waals surface area contributed by atoms with Crippen LogP contribution in [0.5, 0.6) is 5.75 Å². The van der Waals surface area contributed by atoms with Crippen molar-refractivity contribution in [3.05, 3.63) is 41.5 Å². The number of nitrogens with two attached hydrogens (primary N) is 1. The molecule has 0 aliphatic carbocycles. The van der Waals surface area contributed by atoms with Crippen molar-refractivity contribution in [3.8, 4) is 5.75 Å². The number of hydrogen-bond acceptors (Lipinski definition) is 5. The van der Waals surface area contributed by atoms with E-state index in [9.17, 15) is 0 Å². The highest BCUT2D eigenvalue weighted by atomic mass is 16.5. The van der Waals surface area contributed by atoms with E-state index in [0.717, 1.165) is 17.7 Å². The van der Waals surface area contributed by atoms with Gasteiger partial charge in [-0.1, -0.05) is 30.3 Å². The third-order valence-electron chi connectivity index (χ3n) is 3.23. The fourth-order valence-corrected chi connectivity index (χ4v) is 2.09. The number of hydrogen-bond donors (Lipinski definition) is 1. The van der Waals surface area contributed by atoms with E-state index >= 15 is 0 Å². The average molecular weight is 245 g/mol. The van der Waals surface area contributed by atoms with Crippen LogP contribution in [0.15, 0.2) is 28.8 Å². The molecule has 0 saturated heterocycles. The zero-order valence-corrected chi connectivity index (χ0v) is 10.2. The van der Waals surface area contributed by atoms with Crippen molar-refractivity contribution in [2.24, 2.45) is 5.73 Å². The molecule has 1 aliphatic heterocycles. The van der Waals surface area contributed by atoms with E-state index < -0.39 is 0 Å². The van der Waals surface area contributed by atoms with Crippen molar-refractivity contribution in [2.75, 3.05) is 6.61 Å². The highest BCUT2D eigenvalue weighted by molar-refractivity contribution is 5.42. The first kappa shape index (κ1) is 11.2. The lowest BCUT2D eigenvalue weighted by molar-refractivity contribution is 0.327. The molecule has 18 heavy (non-hydrogen) atoms. The standard InChI is InChI=1S/C13H15N3O2/c1-2-10(14)13-15-12(16-18-13)9-7-17-11-6-4-3-5-8(9)11/h3-6,9-10H,2,7,14H2,1H3/t9?,10-/m0/s1. The molecular weight excluding hydrogens is 230 g/mol. The highest BCUT2D eigenvalue weighted by Gasteiger charge is 2.29. The normalized spacial score (nSPS) is 19.3. The van der Waals surface area contributed by atoms with Gasteiger partial charge < -0.3 is 15.0 Å². The summed E-state index contributed by atoms with van der Waals surface area (Å²) in [7, 11) is 0. The second-order valence-corrected chi connectivity index (χ2v) is 4.41. The third-order valence-corrected chi connectivity index (χ3v) is 3.23. The summed E-state index contributed by atoms with van der Waals surface area (Å²) < 4.78 is 10.8. The Labute approximate surface area is 105 Å². The molecule has 2 atom stereocenters. The number of aromatic nitrogens is 2. The molecule has 5 heteroatoms. The van der Waals surface area contributed by atoms with Gasteiger partial charge in [-0.3, -0.25) is 0 Å². The lowest BCUT2D eigenvalue weighted by Gasteiger charge is -2.02. The maximum atomic E-state index is 5.87. The monoisotopic (exact) mass is 245 g/mol. The molecule has 0 fully saturated rings. The van der Waals surface area contributed by atoms with Crippen LogP contribution in [0.3, 0.4) is 0 Å². The molecule has 1 aromatic carbocycles. The summed E-state index contributed by atoms with van der Waals surface area (Å²) >= 11 is 0. The van der Waals surface area contributed by atoms with Crippen LogP contribution in [-0.4, -0.2) is 16.7 Å². The summed E-state index contributed by atoms with van der Waals surface area (Å²) in [6.07, 6.45) is 0.777. The van der Waals surface area contributed by atoms with Crippen molar-refractivity contribution < 1.29 is 9.26 Å². The van der Waals surface area contributed by atoms with Crippen LogP contribution in [0.2, 0.25) is 0 Å². The number of ether oxygens (including phenoxy) is 1. The quantitative estimate of drug-likeness (QED) is 0.895. The largest absolute Gasteiger partial charge is 0.492 e. The van der Waals surface area contributed by atoms with E-state index in [2.05, 4.69) is 10.1 Å². The Bertz CT molecular complexity index is 553. The first-order chi connectivity index (χ1) is 8.79. The van der Waals surface area contributed by atoms with Crippen LogP contribution in [0.25, 0.3) is 0 Å². The molecular formula is C13H15N3O2. The van der Waals surface area contributed by atoms with E-state index in [0.29, 0.717) is 18.3 Å². The molecule has 0 spiro atoms. The van der Waals surface area contributed by atoms with Gasteiger partial charge in [0.05, 0.1) is 12.0 Å². The molecule has 1 unspecified atom stereocenters. The van der Waals surface area contributed by atoms with Gasteiger partial charge in [0.1, 0.15) is 12.4 Å². The van der Waals surface area contributed by atoms with Crippen molar-refractivity contribution in [3.63, 3.8) is 0 Å². The van der Waals surface area contributed by atoms with Crippen LogP contribution in [0.4, 0.5) is 0 Å². The SMILES string of the molecule is CC[C@H](N)c1nc(C2COc3ccccc32)no1. The summed E-state index contributed by atoms with van der Waals surface area (Å²) in [5, 5.41) is 4.02. The fourth-order valence-electron chi connectivity index (χ4n) is 2.09. The van der Waals surface area contributed by atoms with Gasteiger partial charge in [-0.25, -0.2) is 0 Å². The zero-order chi connectivity index (χ0) is 12.5. The predicted octanol–water partition coefficient (Wildman–Crippen LogP) is 2.00. The zero-order valence-electron chi connectivity index (χ0n) is 10.2. The smallest absolute Gasteiger partial charge is 0.243 e. The summed E-state index contributed by atoms with van der Waals surface area (Å²) in [4.78, 5) is 4.38. The molecule has 1 aromatic heterocycles. The minimum absolute atomic E-state index is 0.0442. The van der Waals surface area contributed by atoms with Gasteiger partial charge >= 0.3 is 0 Å². The van der Waals surface area contributed by atoms with Gasteiger partial charge in [0.25, 0.3) is 0 Å². The Morgan fingerprint density at radius 3 is 3.11 bits per heavy atom. The molecule has 0 radical (unpaired) electrons. The molecule has 3 rings (SSSR count). The molecule has 2 aromatic rings. The van der Waals surface area contributed by atoms with E-state index in [-0.39, 0.29) is 12.0 Å². The summed E-state index contributed by atoms with van der Waals surface area (Å²) in [6.45, 7) is 2.54. The van der Waals surface area contributed by atoms with Crippen LogP contribution in [0, 0.1) is 0 Å². The van der Waals surface area contributed by atoms with Gasteiger partial charge in [0.2, 0.25) is 5.89 Å². The molecule has 5 nitrogen and oxygen atoms in total. The van der Waals surface area contributed by atoms with E-state index in [1.807, 2.05) is 31.2 Å². The first-order valence-electron chi connectivity index (χ1n) is 6.10. The van der Waals surface area contributed by atoms with Gasteiger partial charge in [0.15, 0.2) is 5.82 Å². The summed E-state index contributed by atoms with van der Waals surface area (Å²) in [5.41, 5.74) is 6.98. The van der Waals surface area contributed by atoms with Gasteiger partial charge in [-0.2, -0.15) is 4.98 Å². The van der Waals surface area contributed by atoms with Crippen LogP contribution < -0.4 is 10.5 Å². The van der Waals surface area contributed by atoms with Crippen molar-refractivity contribution in [1.82, 2.24) is 10.1 Å². The third kappa shape index (κ3) is 1.76. The van der Waals surface area contributed by atoms with Crippen LogP contribution >= 0.6 is 0 Å². The first-order valence-corrected chi connectivity index (χ1v) is 6.10. The maximum absolute atomic E-state index is 5.87. The molecule has 0 saturated carbocycles. The minimum Gasteiger partial charge on any atom is -0.492 e. The van der Waals surface area contributed by atoms with Gasteiger partial charge in [-0.05, 0) is 12.5 Å². The molecule has 2 heterocycles. The number of para-hydroxylation sites is 1. The lowest BCUT2D eigenvalue weighted by Crippen LogP contribution is -2.10. The van der Waals surface area contributed by atoms with E-state index in [1.54, 1.807) is 0 Å².